The van der Waals surface area contributed by atoms with Crippen LogP contribution in [0.5, 0.6) is 5.75 Å². The Bertz CT molecular complexity index is 440. The molecule has 0 aliphatic carbocycles. The van der Waals surface area contributed by atoms with E-state index in [0.29, 0.717) is 6.61 Å². The molecule has 0 bridgehead atoms. The van der Waals surface area contributed by atoms with Gasteiger partial charge in [0.15, 0.2) is 0 Å². The summed E-state index contributed by atoms with van der Waals surface area (Å²) in [6.45, 7) is 0.306. The Labute approximate surface area is 115 Å². The van der Waals surface area contributed by atoms with Gasteiger partial charge in [0, 0.05) is 6.61 Å². The second-order valence-corrected chi connectivity index (χ2v) is 4.79. The highest BCUT2D eigenvalue weighted by molar-refractivity contribution is 5.39. The van der Waals surface area contributed by atoms with Gasteiger partial charge < -0.3 is 14.6 Å². The number of hydrogen-bond acceptors (Lipinski definition) is 3. The van der Waals surface area contributed by atoms with Gasteiger partial charge in [0.05, 0.1) is 18.3 Å². The van der Waals surface area contributed by atoms with Crippen molar-refractivity contribution in [2.24, 2.45) is 0 Å². The number of aliphatic hydroxyl groups excluding tert-OH is 1. The summed E-state index contributed by atoms with van der Waals surface area (Å²) >= 11 is 0. The van der Waals surface area contributed by atoms with E-state index in [-0.39, 0.29) is 24.0 Å². The second-order valence-electron chi connectivity index (χ2n) is 4.79. The van der Waals surface area contributed by atoms with Gasteiger partial charge >= 0.3 is 6.18 Å². The Hall–Kier alpha value is -1.27. The highest BCUT2D eigenvalue weighted by Gasteiger charge is 2.34. The van der Waals surface area contributed by atoms with Crippen LogP contribution in [0.1, 0.15) is 30.4 Å². The maximum absolute atomic E-state index is 12.9. The lowest BCUT2D eigenvalue weighted by molar-refractivity contribution is -0.139. The zero-order valence-corrected chi connectivity index (χ0v) is 10.9. The molecule has 0 aromatic heterocycles. The SMILES string of the molecule is OCc1ccc(OCC2CCCCO2)c(C(F)(F)F)c1. The zero-order chi connectivity index (χ0) is 14.6. The van der Waals surface area contributed by atoms with E-state index in [1.54, 1.807) is 0 Å². The molecule has 2 rings (SSSR count). The minimum atomic E-state index is -4.51. The summed E-state index contributed by atoms with van der Waals surface area (Å²) in [5, 5.41) is 8.92. The van der Waals surface area contributed by atoms with Crippen molar-refractivity contribution in [2.75, 3.05) is 13.2 Å². The van der Waals surface area contributed by atoms with Crippen LogP contribution in [0.3, 0.4) is 0 Å². The van der Waals surface area contributed by atoms with Gasteiger partial charge in [-0.3, -0.25) is 0 Å². The maximum atomic E-state index is 12.9. The van der Waals surface area contributed by atoms with Gasteiger partial charge in [-0.1, -0.05) is 6.07 Å². The van der Waals surface area contributed by atoms with Crippen molar-refractivity contribution in [3.05, 3.63) is 29.3 Å². The summed E-state index contributed by atoms with van der Waals surface area (Å²) in [6.07, 6.45) is -1.87. The van der Waals surface area contributed by atoms with E-state index < -0.39 is 18.3 Å². The van der Waals surface area contributed by atoms with Crippen molar-refractivity contribution in [3.8, 4) is 5.75 Å². The number of benzene rings is 1. The highest BCUT2D eigenvalue weighted by atomic mass is 19.4. The van der Waals surface area contributed by atoms with Crippen LogP contribution < -0.4 is 4.74 Å². The topological polar surface area (TPSA) is 38.7 Å². The van der Waals surface area contributed by atoms with Crippen molar-refractivity contribution < 1.29 is 27.8 Å². The molecular weight excluding hydrogens is 273 g/mol. The average Bonchev–Trinajstić information content (AvgIpc) is 2.45. The van der Waals surface area contributed by atoms with Crippen molar-refractivity contribution in [1.82, 2.24) is 0 Å². The molecule has 1 unspecified atom stereocenters. The molecule has 1 heterocycles. The summed E-state index contributed by atoms with van der Waals surface area (Å²) in [7, 11) is 0. The first-order valence-electron chi connectivity index (χ1n) is 6.56. The Kier molecular flexibility index (Phi) is 4.88. The van der Waals surface area contributed by atoms with Gasteiger partial charge in [-0.25, -0.2) is 0 Å². The molecule has 1 saturated heterocycles. The Morgan fingerprint density at radius 1 is 1.30 bits per heavy atom. The van der Waals surface area contributed by atoms with Crippen molar-refractivity contribution in [2.45, 2.75) is 38.1 Å². The first kappa shape index (κ1) is 15.1. The molecule has 1 aromatic carbocycles. The van der Waals surface area contributed by atoms with E-state index in [1.807, 2.05) is 0 Å². The third-order valence-corrected chi connectivity index (χ3v) is 3.23. The van der Waals surface area contributed by atoms with Crippen molar-refractivity contribution >= 4 is 0 Å². The van der Waals surface area contributed by atoms with E-state index in [9.17, 15) is 13.2 Å². The molecule has 1 aliphatic heterocycles. The van der Waals surface area contributed by atoms with Gasteiger partial charge in [-0.2, -0.15) is 13.2 Å². The average molecular weight is 290 g/mol. The first-order valence-corrected chi connectivity index (χ1v) is 6.56. The number of rotatable bonds is 4. The van der Waals surface area contributed by atoms with Crippen LogP contribution in [0.2, 0.25) is 0 Å². The van der Waals surface area contributed by atoms with E-state index in [0.717, 1.165) is 25.3 Å². The monoisotopic (exact) mass is 290 g/mol. The lowest BCUT2D eigenvalue weighted by atomic mass is 10.1. The van der Waals surface area contributed by atoms with Crippen molar-refractivity contribution in [3.63, 3.8) is 0 Å². The molecule has 0 spiro atoms. The fourth-order valence-corrected chi connectivity index (χ4v) is 2.14. The Morgan fingerprint density at radius 3 is 2.70 bits per heavy atom. The molecule has 1 aromatic rings. The van der Waals surface area contributed by atoms with Crippen LogP contribution in [-0.2, 0) is 17.5 Å². The smallest absolute Gasteiger partial charge is 0.419 e. The number of ether oxygens (including phenoxy) is 2. The molecule has 20 heavy (non-hydrogen) atoms. The highest BCUT2D eigenvalue weighted by Crippen LogP contribution is 2.37. The Balaban J connectivity index is 2.09. The summed E-state index contributed by atoms with van der Waals surface area (Å²) in [6, 6.07) is 3.58. The summed E-state index contributed by atoms with van der Waals surface area (Å²) in [5.41, 5.74) is -0.654. The van der Waals surface area contributed by atoms with E-state index in [2.05, 4.69) is 0 Å². The summed E-state index contributed by atoms with van der Waals surface area (Å²) in [4.78, 5) is 0. The second kappa shape index (κ2) is 6.45. The lowest BCUT2D eigenvalue weighted by Crippen LogP contribution is -2.26. The fourth-order valence-electron chi connectivity index (χ4n) is 2.14. The Morgan fingerprint density at radius 2 is 2.10 bits per heavy atom. The minimum Gasteiger partial charge on any atom is -0.490 e. The van der Waals surface area contributed by atoms with Crippen LogP contribution in [0, 0.1) is 0 Å². The fraction of sp³-hybridized carbons (Fsp3) is 0.571. The molecular formula is C14H17F3O3. The normalized spacial score (nSPS) is 19.9. The molecule has 3 nitrogen and oxygen atoms in total. The number of alkyl halides is 3. The minimum absolute atomic E-state index is 0.113. The molecule has 1 atom stereocenters. The largest absolute Gasteiger partial charge is 0.490 e. The van der Waals surface area contributed by atoms with Gasteiger partial charge in [-0.05, 0) is 37.0 Å². The van der Waals surface area contributed by atoms with Crippen molar-refractivity contribution in [1.29, 1.82) is 0 Å². The van der Waals surface area contributed by atoms with Crippen LogP contribution in [0.15, 0.2) is 18.2 Å². The van der Waals surface area contributed by atoms with Gasteiger partial charge in [0.2, 0.25) is 0 Å². The summed E-state index contributed by atoms with van der Waals surface area (Å²) < 4.78 is 49.5. The number of halogens is 3. The van der Waals surface area contributed by atoms with Crippen LogP contribution in [0.25, 0.3) is 0 Å². The van der Waals surface area contributed by atoms with E-state index in [4.69, 9.17) is 14.6 Å². The maximum Gasteiger partial charge on any atom is 0.419 e. The predicted molar refractivity (Wildman–Crippen MR) is 66.5 cm³/mol. The molecule has 112 valence electrons. The molecule has 0 radical (unpaired) electrons. The van der Waals surface area contributed by atoms with E-state index >= 15 is 0 Å². The number of aliphatic hydroxyl groups is 1. The van der Waals surface area contributed by atoms with Gasteiger partial charge in [0.1, 0.15) is 12.4 Å². The molecule has 0 amide bonds. The quantitative estimate of drug-likeness (QED) is 0.926. The van der Waals surface area contributed by atoms with E-state index in [1.165, 1.54) is 12.1 Å². The van der Waals surface area contributed by atoms with Gasteiger partial charge in [0.25, 0.3) is 0 Å². The molecule has 6 heteroatoms. The third-order valence-electron chi connectivity index (χ3n) is 3.23. The lowest BCUT2D eigenvalue weighted by Gasteiger charge is -2.23. The first-order chi connectivity index (χ1) is 9.50. The zero-order valence-electron chi connectivity index (χ0n) is 10.9. The molecule has 1 aliphatic rings. The van der Waals surface area contributed by atoms with Gasteiger partial charge in [-0.15, -0.1) is 0 Å². The predicted octanol–water partition coefficient (Wildman–Crippen LogP) is 3.15. The van der Waals surface area contributed by atoms with Crippen LogP contribution in [0.4, 0.5) is 13.2 Å². The third kappa shape index (κ3) is 3.86. The molecule has 1 fully saturated rings. The summed E-state index contributed by atoms with van der Waals surface area (Å²) in [5.74, 6) is -0.219. The molecule has 0 saturated carbocycles. The molecule has 1 N–H and O–H groups in total. The van der Waals surface area contributed by atoms with Crippen LogP contribution in [-0.4, -0.2) is 24.4 Å². The standard InChI is InChI=1S/C14H17F3O3/c15-14(16,17)12-7-10(8-18)4-5-13(12)20-9-11-3-1-2-6-19-11/h4-5,7,11,18H,1-3,6,8-9H2. The van der Waals surface area contributed by atoms with Crippen LogP contribution >= 0.6 is 0 Å². The number of hydrogen-bond donors (Lipinski definition) is 1.